The van der Waals surface area contributed by atoms with Gasteiger partial charge >= 0.3 is 0 Å². The molecule has 106 valence electrons. The Morgan fingerprint density at radius 3 is 2.70 bits per heavy atom. The van der Waals surface area contributed by atoms with Crippen LogP contribution in [-0.2, 0) is 10.0 Å². The summed E-state index contributed by atoms with van der Waals surface area (Å²) in [5, 5.41) is 0.110. The molecule has 0 radical (unpaired) electrons. The summed E-state index contributed by atoms with van der Waals surface area (Å²) >= 11 is 5.89. The van der Waals surface area contributed by atoms with Crippen LogP contribution in [0.25, 0.3) is 0 Å². The number of anilines is 1. The number of ether oxygens (including phenoxy) is 1. The highest BCUT2D eigenvalue weighted by Gasteiger charge is 2.19. The van der Waals surface area contributed by atoms with Crippen LogP contribution in [-0.4, -0.2) is 20.5 Å². The normalized spacial score (nSPS) is 11.2. The van der Waals surface area contributed by atoms with E-state index in [1.165, 1.54) is 25.6 Å². The van der Waals surface area contributed by atoms with Crippen LogP contribution in [0.1, 0.15) is 5.56 Å². The average molecular weight is 313 g/mol. The second-order valence-corrected chi connectivity index (χ2v) is 6.17. The Hall–Kier alpha value is -1.79. The number of aromatic nitrogens is 1. The number of nitrogens with zero attached hydrogens (tertiary/aromatic N) is 1. The minimum Gasteiger partial charge on any atom is -0.495 e. The van der Waals surface area contributed by atoms with Gasteiger partial charge in [-0.15, -0.1) is 0 Å². The van der Waals surface area contributed by atoms with Gasteiger partial charge in [-0.05, 0) is 30.7 Å². The third-order valence-corrected chi connectivity index (χ3v) is 4.46. The van der Waals surface area contributed by atoms with E-state index in [0.29, 0.717) is 11.4 Å². The monoisotopic (exact) mass is 312 g/mol. The number of aryl methyl sites for hydroxylation is 1. The lowest BCUT2D eigenvalue weighted by Gasteiger charge is -2.13. The fraction of sp³-hybridized carbons (Fsp3) is 0.154. The van der Waals surface area contributed by atoms with Gasteiger partial charge in [-0.2, -0.15) is 0 Å². The van der Waals surface area contributed by atoms with E-state index in [1.807, 2.05) is 13.0 Å². The van der Waals surface area contributed by atoms with Crippen LogP contribution in [0.15, 0.2) is 41.6 Å². The van der Waals surface area contributed by atoms with E-state index < -0.39 is 10.0 Å². The van der Waals surface area contributed by atoms with Crippen LogP contribution >= 0.6 is 11.6 Å². The van der Waals surface area contributed by atoms with E-state index in [-0.39, 0.29) is 9.92 Å². The molecule has 0 bridgehead atoms. The van der Waals surface area contributed by atoms with Gasteiger partial charge in [-0.3, -0.25) is 9.71 Å². The largest absolute Gasteiger partial charge is 0.495 e. The Balaban J connectivity index is 2.44. The summed E-state index contributed by atoms with van der Waals surface area (Å²) in [6.07, 6.45) is 2.63. The molecule has 5 nitrogen and oxygen atoms in total. The summed E-state index contributed by atoms with van der Waals surface area (Å²) in [5.41, 5.74) is 1.26. The fourth-order valence-electron chi connectivity index (χ4n) is 1.66. The fourth-order valence-corrected chi connectivity index (χ4v) is 3.16. The smallest absolute Gasteiger partial charge is 0.265 e. The van der Waals surface area contributed by atoms with Crippen LogP contribution in [0.3, 0.4) is 0 Å². The molecule has 0 spiro atoms. The van der Waals surface area contributed by atoms with Crippen LogP contribution < -0.4 is 9.46 Å². The predicted octanol–water partition coefficient (Wildman–Crippen LogP) is 2.85. The number of sulfonamides is 1. The molecule has 1 aromatic carbocycles. The van der Waals surface area contributed by atoms with Gasteiger partial charge in [0.1, 0.15) is 10.6 Å². The minimum atomic E-state index is -3.82. The summed E-state index contributed by atoms with van der Waals surface area (Å²) < 4.78 is 32.2. The highest BCUT2D eigenvalue weighted by molar-refractivity contribution is 7.92. The lowest BCUT2D eigenvalue weighted by Crippen LogP contribution is -2.14. The number of pyridine rings is 1. The van der Waals surface area contributed by atoms with Crippen molar-refractivity contribution in [2.45, 2.75) is 11.8 Å². The average Bonchev–Trinajstić information content (AvgIpc) is 2.39. The van der Waals surface area contributed by atoms with Crippen molar-refractivity contribution in [2.75, 3.05) is 11.8 Å². The number of rotatable bonds is 4. The van der Waals surface area contributed by atoms with E-state index >= 15 is 0 Å². The summed E-state index contributed by atoms with van der Waals surface area (Å²) in [5.74, 6) is 0.430. The van der Waals surface area contributed by atoms with Gasteiger partial charge < -0.3 is 4.74 Å². The van der Waals surface area contributed by atoms with Crippen LogP contribution in [0.5, 0.6) is 5.75 Å². The van der Waals surface area contributed by atoms with Gasteiger partial charge in [-0.1, -0.05) is 17.7 Å². The molecule has 0 aliphatic rings. The highest BCUT2D eigenvalue weighted by atomic mass is 35.5. The zero-order valence-corrected chi connectivity index (χ0v) is 12.5. The minimum absolute atomic E-state index is 0.0785. The first-order valence-corrected chi connectivity index (χ1v) is 7.57. The van der Waals surface area contributed by atoms with Gasteiger partial charge in [0.05, 0.1) is 17.8 Å². The van der Waals surface area contributed by atoms with Gasteiger partial charge in [0.15, 0.2) is 0 Å². The molecule has 1 N–H and O–H groups in total. The molecule has 2 aromatic rings. The van der Waals surface area contributed by atoms with Gasteiger partial charge in [0.25, 0.3) is 10.0 Å². The van der Waals surface area contributed by atoms with Crippen molar-refractivity contribution in [3.8, 4) is 5.75 Å². The van der Waals surface area contributed by atoms with E-state index in [4.69, 9.17) is 16.3 Å². The van der Waals surface area contributed by atoms with E-state index in [9.17, 15) is 8.42 Å². The predicted molar refractivity (Wildman–Crippen MR) is 77.8 cm³/mol. The molecule has 0 amide bonds. The van der Waals surface area contributed by atoms with Crippen molar-refractivity contribution in [3.05, 3.63) is 47.2 Å². The molecule has 20 heavy (non-hydrogen) atoms. The van der Waals surface area contributed by atoms with Crippen molar-refractivity contribution >= 4 is 27.3 Å². The Morgan fingerprint density at radius 1 is 1.30 bits per heavy atom. The number of hydrogen-bond acceptors (Lipinski definition) is 4. The molecule has 1 heterocycles. The molecule has 0 fully saturated rings. The van der Waals surface area contributed by atoms with Gasteiger partial charge in [0.2, 0.25) is 0 Å². The Labute approximate surface area is 122 Å². The zero-order valence-electron chi connectivity index (χ0n) is 10.9. The molecule has 2 rings (SSSR count). The third kappa shape index (κ3) is 3.02. The second kappa shape index (κ2) is 5.68. The van der Waals surface area contributed by atoms with Crippen LogP contribution in [0.4, 0.5) is 5.69 Å². The number of nitrogens with one attached hydrogen (secondary N) is 1. The van der Waals surface area contributed by atoms with E-state index in [2.05, 4.69) is 9.71 Å². The SMILES string of the molecule is COc1ccc(C)cc1NS(=O)(=O)c1cnccc1Cl. The van der Waals surface area contributed by atoms with Crippen molar-refractivity contribution < 1.29 is 13.2 Å². The summed E-state index contributed by atoms with van der Waals surface area (Å²) in [6, 6.07) is 6.62. The molecular weight excluding hydrogens is 300 g/mol. The number of methoxy groups -OCH3 is 1. The van der Waals surface area contributed by atoms with Crippen molar-refractivity contribution in [2.24, 2.45) is 0 Å². The summed E-state index contributed by atoms with van der Waals surface area (Å²) in [4.78, 5) is 3.70. The number of halogens is 1. The topological polar surface area (TPSA) is 68.3 Å². The molecule has 0 saturated heterocycles. The van der Waals surface area contributed by atoms with E-state index in [0.717, 1.165) is 5.56 Å². The number of hydrogen-bond donors (Lipinski definition) is 1. The summed E-state index contributed by atoms with van der Waals surface area (Å²) in [6.45, 7) is 1.86. The van der Waals surface area contributed by atoms with Gasteiger partial charge in [-0.25, -0.2) is 8.42 Å². The summed E-state index contributed by atoms with van der Waals surface area (Å²) in [7, 11) is -2.35. The maximum Gasteiger partial charge on any atom is 0.265 e. The highest BCUT2D eigenvalue weighted by Crippen LogP contribution is 2.29. The molecule has 0 unspecified atom stereocenters. The lowest BCUT2D eigenvalue weighted by molar-refractivity contribution is 0.417. The van der Waals surface area contributed by atoms with Gasteiger partial charge in [0, 0.05) is 12.4 Å². The lowest BCUT2D eigenvalue weighted by atomic mass is 10.2. The first-order valence-electron chi connectivity index (χ1n) is 5.71. The molecule has 7 heteroatoms. The number of benzene rings is 1. The van der Waals surface area contributed by atoms with Crippen molar-refractivity contribution in [1.29, 1.82) is 0 Å². The molecule has 0 aliphatic heterocycles. The second-order valence-electron chi connectivity index (χ2n) is 4.12. The van der Waals surface area contributed by atoms with E-state index in [1.54, 1.807) is 12.1 Å². The molecule has 1 aromatic heterocycles. The molecule has 0 saturated carbocycles. The Morgan fingerprint density at radius 2 is 2.05 bits per heavy atom. The zero-order chi connectivity index (χ0) is 14.8. The maximum absolute atomic E-state index is 12.3. The Kier molecular flexibility index (Phi) is 4.15. The van der Waals surface area contributed by atoms with Crippen molar-refractivity contribution in [3.63, 3.8) is 0 Å². The first-order chi connectivity index (χ1) is 9.44. The third-order valence-electron chi connectivity index (χ3n) is 2.62. The molecule has 0 aliphatic carbocycles. The first kappa shape index (κ1) is 14.6. The molecular formula is C13H13ClN2O3S. The maximum atomic E-state index is 12.3. The van der Waals surface area contributed by atoms with Crippen LogP contribution in [0.2, 0.25) is 5.02 Å². The van der Waals surface area contributed by atoms with Crippen LogP contribution in [0, 0.1) is 6.92 Å². The quantitative estimate of drug-likeness (QED) is 0.942. The Bertz CT molecular complexity index is 732. The van der Waals surface area contributed by atoms with Crippen molar-refractivity contribution in [1.82, 2.24) is 4.98 Å². The standard InChI is InChI=1S/C13H13ClN2O3S/c1-9-3-4-12(19-2)11(7-9)16-20(17,18)13-8-15-6-5-10(13)14/h3-8,16H,1-2H3. The molecule has 0 atom stereocenters.